The van der Waals surface area contributed by atoms with E-state index in [4.69, 9.17) is 9.84 Å². The van der Waals surface area contributed by atoms with Gasteiger partial charge >= 0.3 is 11.9 Å². The quantitative estimate of drug-likeness (QED) is 0.730. The van der Waals surface area contributed by atoms with Crippen LogP contribution in [0.2, 0.25) is 0 Å². The lowest BCUT2D eigenvalue weighted by atomic mass is 9.91. The first kappa shape index (κ1) is 21.2. The first-order chi connectivity index (χ1) is 9.08. The molecule has 0 saturated carbocycles. The minimum absolute atomic E-state index is 0.100. The van der Waals surface area contributed by atoms with Gasteiger partial charge in [-0.3, -0.25) is 9.59 Å². The zero-order valence-corrected chi connectivity index (χ0v) is 14.0. The number of aliphatic carboxylic acids is 1. The summed E-state index contributed by atoms with van der Waals surface area (Å²) < 4.78 is 5.13. The van der Waals surface area contributed by atoms with Crippen molar-refractivity contribution >= 4 is 11.9 Å². The third-order valence-electron chi connectivity index (χ3n) is 3.24. The number of ether oxygens (including phenoxy) is 1. The van der Waals surface area contributed by atoms with E-state index in [1.165, 1.54) is 0 Å². The number of rotatable bonds is 7. The Morgan fingerprint density at radius 2 is 1.75 bits per heavy atom. The van der Waals surface area contributed by atoms with Crippen molar-refractivity contribution in [2.24, 2.45) is 11.3 Å². The maximum absolute atomic E-state index is 11.4. The molecule has 0 spiro atoms. The normalized spacial score (nSPS) is 12.4. The summed E-state index contributed by atoms with van der Waals surface area (Å²) in [5, 5.41) is 8.18. The van der Waals surface area contributed by atoms with Gasteiger partial charge in [0, 0.05) is 6.54 Å². The third-order valence-corrected chi connectivity index (χ3v) is 3.24. The molecule has 0 heterocycles. The molecule has 0 saturated heterocycles. The monoisotopic (exact) mass is 289 g/mol. The van der Waals surface area contributed by atoms with Crippen LogP contribution >= 0.6 is 0 Å². The van der Waals surface area contributed by atoms with Gasteiger partial charge in [-0.25, -0.2) is 0 Å². The van der Waals surface area contributed by atoms with Gasteiger partial charge in [0.2, 0.25) is 0 Å². The van der Waals surface area contributed by atoms with E-state index in [2.05, 4.69) is 0 Å². The van der Waals surface area contributed by atoms with Gasteiger partial charge in [0.25, 0.3) is 0 Å². The predicted octanol–water partition coefficient (Wildman–Crippen LogP) is 2.64. The van der Waals surface area contributed by atoms with Crippen molar-refractivity contribution in [2.75, 3.05) is 27.2 Å². The SMILES string of the molecule is CCC(C)(C)C(=O)OCCN(C)C.CCC(C)C(=O)O. The average molecular weight is 289 g/mol. The number of hydrogen-bond donors (Lipinski definition) is 1. The summed E-state index contributed by atoms with van der Waals surface area (Å²) in [6.45, 7) is 10.6. The first-order valence-electron chi connectivity index (χ1n) is 7.13. The van der Waals surface area contributed by atoms with E-state index in [1.807, 2.05) is 46.7 Å². The molecule has 0 fully saturated rings. The van der Waals surface area contributed by atoms with Crippen LogP contribution in [0.15, 0.2) is 0 Å². The molecule has 0 aliphatic rings. The van der Waals surface area contributed by atoms with Crippen LogP contribution < -0.4 is 0 Å². The third kappa shape index (κ3) is 10.8. The Labute approximate surface area is 123 Å². The van der Waals surface area contributed by atoms with Crippen molar-refractivity contribution in [3.05, 3.63) is 0 Å². The summed E-state index contributed by atoms with van der Waals surface area (Å²) in [6.07, 6.45) is 1.53. The Morgan fingerprint density at radius 1 is 1.25 bits per heavy atom. The zero-order chi connectivity index (χ0) is 16.3. The van der Waals surface area contributed by atoms with Crippen LogP contribution in [0.4, 0.5) is 0 Å². The number of carboxylic acid groups (broad SMARTS) is 1. The van der Waals surface area contributed by atoms with Crippen LogP contribution in [0.1, 0.15) is 47.5 Å². The summed E-state index contributed by atoms with van der Waals surface area (Å²) in [4.78, 5) is 23.4. The van der Waals surface area contributed by atoms with Gasteiger partial charge in [-0.05, 0) is 40.8 Å². The number of nitrogens with zero attached hydrogens (tertiary/aromatic N) is 1. The Bertz CT molecular complexity index is 288. The molecule has 5 nitrogen and oxygen atoms in total. The maximum Gasteiger partial charge on any atom is 0.311 e. The van der Waals surface area contributed by atoms with Crippen molar-refractivity contribution < 1.29 is 19.4 Å². The number of carbonyl (C=O) groups is 2. The van der Waals surface area contributed by atoms with Crippen LogP contribution in [0, 0.1) is 11.3 Å². The molecule has 120 valence electrons. The minimum atomic E-state index is -0.706. The lowest BCUT2D eigenvalue weighted by molar-refractivity contribution is -0.154. The van der Waals surface area contributed by atoms with Gasteiger partial charge in [-0.1, -0.05) is 20.8 Å². The second-order valence-corrected chi connectivity index (χ2v) is 5.82. The number of esters is 1. The van der Waals surface area contributed by atoms with Crippen LogP contribution in [0.5, 0.6) is 0 Å². The highest BCUT2D eigenvalue weighted by molar-refractivity contribution is 5.75. The largest absolute Gasteiger partial charge is 0.481 e. The lowest BCUT2D eigenvalue weighted by Gasteiger charge is -2.20. The van der Waals surface area contributed by atoms with E-state index in [-0.39, 0.29) is 17.3 Å². The molecule has 5 heteroatoms. The van der Waals surface area contributed by atoms with Crippen molar-refractivity contribution in [3.63, 3.8) is 0 Å². The standard InChI is InChI=1S/C10H21NO2.C5H10O2/c1-6-10(2,3)9(12)13-8-7-11(4)5;1-3-4(2)5(6)7/h6-8H2,1-5H3;4H,3H2,1-2H3,(H,6,7). The summed E-state index contributed by atoms with van der Waals surface area (Å²) >= 11 is 0. The minimum Gasteiger partial charge on any atom is -0.481 e. The molecule has 0 rings (SSSR count). The van der Waals surface area contributed by atoms with E-state index >= 15 is 0 Å². The van der Waals surface area contributed by atoms with E-state index in [0.29, 0.717) is 6.61 Å². The van der Waals surface area contributed by atoms with Crippen LogP contribution in [0.3, 0.4) is 0 Å². The molecule has 0 aliphatic heterocycles. The lowest BCUT2D eigenvalue weighted by Crippen LogP contribution is -2.28. The van der Waals surface area contributed by atoms with Gasteiger partial charge in [-0.15, -0.1) is 0 Å². The van der Waals surface area contributed by atoms with Crippen molar-refractivity contribution in [3.8, 4) is 0 Å². The van der Waals surface area contributed by atoms with Crippen molar-refractivity contribution in [1.82, 2.24) is 4.90 Å². The van der Waals surface area contributed by atoms with Gasteiger partial charge in [0.1, 0.15) is 6.61 Å². The number of likely N-dealkylation sites (N-methyl/N-ethyl adjacent to an activating group) is 1. The topological polar surface area (TPSA) is 66.8 Å². The van der Waals surface area contributed by atoms with Gasteiger partial charge < -0.3 is 14.7 Å². The average Bonchev–Trinajstić information content (AvgIpc) is 2.37. The molecule has 0 aromatic heterocycles. The Balaban J connectivity index is 0. The molecule has 0 bridgehead atoms. The Kier molecular flexibility index (Phi) is 11.3. The van der Waals surface area contributed by atoms with Crippen LogP contribution in [-0.4, -0.2) is 49.2 Å². The molecule has 20 heavy (non-hydrogen) atoms. The first-order valence-corrected chi connectivity index (χ1v) is 7.13. The van der Waals surface area contributed by atoms with Crippen molar-refractivity contribution in [2.45, 2.75) is 47.5 Å². The van der Waals surface area contributed by atoms with E-state index in [9.17, 15) is 9.59 Å². The number of carboxylic acids is 1. The van der Waals surface area contributed by atoms with E-state index < -0.39 is 5.97 Å². The Morgan fingerprint density at radius 3 is 2.00 bits per heavy atom. The molecule has 0 radical (unpaired) electrons. The van der Waals surface area contributed by atoms with Crippen LogP contribution in [0.25, 0.3) is 0 Å². The van der Waals surface area contributed by atoms with Crippen molar-refractivity contribution in [1.29, 1.82) is 0 Å². The molecule has 1 N–H and O–H groups in total. The fourth-order valence-electron chi connectivity index (χ4n) is 0.835. The summed E-state index contributed by atoms with van der Waals surface area (Å²) in [6, 6.07) is 0. The second-order valence-electron chi connectivity index (χ2n) is 5.82. The van der Waals surface area contributed by atoms with E-state index in [1.54, 1.807) is 6.92 Å². The molecule has 0 aliphatic carbocycles. The number of carbonyl (C=O) groups excluding carboxylic acids is 1. The maximum atomic E-state index is 11.4. The van der Waals surface area contributed by atoms with Crippen LogP contribution in [-0.2, 0) is 14.3 Å². The van der Waals surface area contributed by atoms with E-state index in [0.717, 1.165) is 19.4 Å². The Hall–Kier alpha value is -1.10. The predicted molar refractivity (Wildman–Crippen MR) is 80.7 cm³/mol. The summed E-state index contributed by atoms with van der Waals surface area (Å²) in [5.74, 6) is -0.987. The van der Waals surface area contributed by atoms with Gasteiger partial charge in [-0.2, -0.15) is 0 Å². The summed E-state index contributed by atoms with van der Waals surface area (Å²) in [7, 11) is 3.91. The number of hydrogen-bond acceptors (Lipinski definition) is 4. The molecular formula is C15H31NO4. The molecule has 0 aromatic rings. The highest BCUT2D eigenvalue weighted by atomic mass is 16.5. The molecule has 0 amide bonds. The highest BCUT2D eigenvalue weighted by Gasteiger charge is 2.26. The molecular weight excluding hydrogens is 258 g/mol. The second kappa shape index (κ2) is 10.7. The van der Waals surface area contributed by atoms with Gasteiger partial charge in [0.15, 0.2) is 0 Å². The fraction of sp³-hybridized carbons (Fsp3) is 0.867. The fourth-order valence-corrected chi connectivity index (χ4v) is 0.835. The van der Waals surface area contributed by atoms with Gasteiger partial charge in [0.05, 0.1) is 11.3 Å². The zero-order valence-electron chi connectivity index (χ0n) is 14.0. The molecule has 0 aromatic carbocycles. The smallest absolute Gasteiger partial charge is 0.311 e. The summed E-state index contributed by atoms with van der Waals surface area (Å²) in [5.41, 5.74) is -0.341. The highest BCUT2D eigenvalue weighted by Crippen LogP contribution is 2.21. The molecule has 1 unspecified atom stereocenters. The molecule has 1 atom stereocenters.